The van der Waals surface area contributed by atoms with Gasteiger partial charge in [-0.25, -0.2) is 0 Å². The minimum absolute atomic E-state index is 0.0288. The number of nitrogens with one attached hydrogen (secondary N) is 1. The van der Waals surface area contributed by atoms with Gasteiger partial charge in [0.1, 0.15) is 0 Å². The third kappa shape index (κ3) is 2.73. The van der Waals surface area contributed by atoms with Crippen LogP contribution < -0.4 is 5.32 Å². The third-order valence-electron chi connectivity index (χ3n) is 2.12. The van der Waals surface area contributed by atoms with Crippen LogP contribution >= 0.6 is 0 Å². The van der Waals surface area contributed by atoms with E-state index in [-0.39, 0.29) is 11.9 Å². The van der Waals surface area contributed by atoms with E-state index in [1.807, 2.05) is 38.1 Å². The number of rotatable bonds is 3. The standard InChI is InChI=1S/C12H15NO/c1-4-12(14)13-10(3)11-7-5-9(2)6-8-11/h4-8,10H,1H2,2-3H3,(H,13,14)/t10-/m1/s1. The lowest BCUT2D eigenvalue weighted by Gasteiger charge is -2.12. The molecule has 0 heterocycles. The zero-order valence-corrected chi connectivity index (χ0v) is 8.58. The summed E-state index contributed by atoms with van der Waals surface area (Å²) < 4.78 is 0. The molecule has 0 radical (unpaired) electrons. The number of aryl methyl sites for hydroxylation is 1. The first-order chi connectivity index (χ1) is 6.63. The fourth-order valence-corrected chi connectivity index (χ4v) is 1.21. The monoisotopic (exact) mass is 189 g/mol. The minimum atomic E-state index is -0.141. The summed E-state index contributed by atoms with van der Waals surface area (Å²) in [6.45, 7) is 7.40. The molecule has 0 bridgehead atoms. The van der Waals surface area contributed by atoms with Crippen LogP contribution in [0.25, 0.3) is 0 Å². The first kappa shape index (κ1) is 10.5. The quantitative estimate of drug-likeness (QED) is 0.726. The molecule has 2 heteroatoms. The Morgan fingerprint density at radius 3 is 2.50 bits per heavy atom. The average Bonchev–Trinajstić information content (AvgIpc) is 2.18. The zero-order chi connectivity index (χ0) is 10.6. The predicted molar refractivity (Wildman–Crippen MR) is 57.9 cm³/mol. The second kappa shape index (κ2) is 4.61. The van der Waals surface area contributed by atoms with Crippen molar-refractivity contribution >= 4 is 5.91 Å². The normalized spacial score (nSPS) is 11.9. The highest BCUT2D eigenvalue weighted by molar-refractivity contribution is 5.87. The summed E-state index contributed by atoms with van der Waals surface area (Å²) in [7, 11) is 0. The molecule has 0 aliphatic carbocycles. The van der Waals surface area contributed by atoms with Crippen LogP contribution in [-0.4, -0.2) is 5.91 Å². The van der Waals surface area contributed by atoms with Gasteiger partial charge in [-0.3, -0.25) is 4.79 Å². The summed E-state index contributed by atoms with van der Waals surface area (Å²) in [6.07, 6.45) is 1.28. The van der Waals surface area contributed by atoms with Crippen molar-refractivity contribution in [1.29, 1.82) is 0 Å². The molecule has 14 heavy (non-hydrogen) atoms. The van der Waals surface area contributed by atoms with Gasteiger partial charge in [-0.1, -0.05) is 36.4 Å². The van der Waals surface area contributed by atoms with Crippen molar-refractivity contribution in [2.75, 3.05) is 0 Å². The molecular formula is C12H15NO. The molecule has 1 aromatic rings. The zero-order valence-electron chi connectivity index (χ0n) is 8.58. The number of hydrogen-bond donors (Lipinski definition) is 1. The van der Waals surface area contributed by atoms with Gasteiger partial charge in [0, 0.05) is 0 Å². The van der Waals surface area contributed by atoms with E-state index in [9.17, 15) is 4.79 Å². The highest BCUT2D eigenvalue weighted by Crippen LogP contribution is 2.12. The van der Waals surface area contributed by atoms with Crippen LogP contribution in [0.4, 0.5) is 0 Å². The number of hydrogen-bond acceptors (Lipinski definition) is 1. The Labute approximate surface area is 84.6 Å². The smallest absolute Gasteiger partial charge is 0.243 e. The van der Waals surface area contributed by atoms with Gasteiger partial charge in [0.2, 0.25) is 5.91 Å². The Morgan fingerprint density at radius 1 is 1.43 bits per heavy atom. The molecule has 0 unspecified atom stereocenters. The third-order valence-corrected chi connectivity index (χ3v) is 2.12. The first-order valence-electron chi connectivity index (χ1n) is 4.63. The molecule has 1 amide bonds. The van der Waals surface area contributed by atoms with Crippen molar-refractivity contribution in [3.05, 3.63) is 48.0 Å². The van der Waals surface area contributed by atoms with E-state index >= 15 is 0 Å². The maximum absolute atomic E-state index is 11.0. The van der Waals surface area contributed by atoms with Gasteiger partial charge < -0.3 is 5.32 Å². The minimum Gasteiger partial charge on any atom is -0.346 e. The summed E-state index contributed by atoms with van der Waals surface area (Å²) in [5.41, 5.74) is 2.32. The molecule has 0 spiro atoms. The molecule has 0 saturated heterocycles. The van der Waals surface area contributed by atoms with Gasteiger partial charge in [0.05, 0.1) is 6.04 Å². The second-order valence-electron chi connectivity index (χ2n) is 3.35. The fourth-order valence-electron chi connectivity index (χ4n) is 1.21. The highest BCUT2D eigenvalue weighted by atomic mass is 16.1. The van der Waals surface area contributed by atoms with Crippen LogP contribution in [-0.2, 0) is 4.79 Å². The average molecular weight is 189 g/mol. The van der Waals surface area contributed by atoms with Crippen molar-refractivity contribution in [1.82, 2.24) is 5.32 Å². The van der Waals surface area contributed by atoms with Crippen LogP contribution in [0.3, 0.4) is 0 Å². The Balaban J connectivity index is 2.69. The van der Waals surface area contributed by atoms with Gasteiger partial charge in [0.15, 0.2) is 0 Å². The number of benzene rings is 1. The Kier molecular flexibility index (Phi) is 3.46. The van der Waals surface area contributed by atoms with Crippen molar-refractivity contribution in [2.45, 2.75) is 19.9 Å². The lowest BCUT2D eigenvalue weighted by molar-refractivity contribution is -0.117. The molecule has 74 valence electrons. The van der Waals surface area contributed by atoms with E-state index < -0.39 is 0 Å². The Hall–Kier alpha value is -1.57. The summed E-state index contributed by atoms with van der Waals surface area (Å²) in [4.78, 5) is 11.0. The van der Waals surface area contributed by atoms with Gasteiger partial charge in [-0.15, -0.1) is 0 Å². The number of carbonyl (C=O) groups is 1. The molecule has 0 aromatic heterocycles. The topological polar surface area (TPSA) is 29.1 Å². The Bertz CT molecular complexity index is 327. The lowest BCUT2D eigenvalue weighted by Crippen LogP contribution is -2.24. The van der Waals surface area contributed by atoms with E-state index in [1.54, 1.807) is 0 Å². The summed E-state index contributed by atoms with van der Waals surface area (Å²) in [5.74, 6) is -0.141. The largest absolute Gasteiger partial charge is 0.346 e. The van der Waals surface area contributed by atoms with Gasteiger partial charge in [0.25, 0.3) is 0 Å². The molecule has 1 N–H and O–H groups in total. The molecule has 0 aliphatic rings. The van der Waals surface area contributed by atoms with Crippen LogP contribution in [0.1, 0.15) is 24.1 Å². The summed E-state index contributed by atoms with van der Waals surface area (Å²) in [5, 5.41) is 2.81. The van der Waals surface area contributed by atoms with Gasteiger partial charge in [-0.05, 0) is 25.5 Å². The predicted octanol–water partition coefficient (Wildman–Crippen LogP) is 2.36. The second-order valence-corrected chi connectivity index (χ2v) is 3.35. The number of carbonyl (C=O) groups excluding carboxylic acids is 1. The molecule has 0 aliphatic heterocycles. The lowest BCUT2D eigenvalue weighted by atomic mass is 10.1. The molecule has 0 fully saturated rings. The van der Waals surface area contributed by atoms with E-state index in [2.05, 4.69) is 11.9 Å². The molecule has 1 atom stereocenters. The highest BCUT2D eigenvalue weighted by Gasteiger charge is 2.05. The van der Waals surface area contributed by atoms with E-state index in [0.717, 1.165) is 5.56 Å². The van der Waals surface area contributed by atoms with E-state index in [1.165, 1.54) is 11.6 Å². The molecule has 0 saturated carbocycles. The van der Waals surface area contributed by atoms with Crippen molar-refractivity contribution < 1.29 is 4.79 Å². The Morgan fingerprint density at radius 2 is 2.00 bits per heavy atom. The van der Waals surface area contributed by atoms with Gasteiger partial charge in [-0.2, -0.15) is 0 Å². The van der Waals surface area contributed by atoms with Crippen LogP contribution in [0.2, 0.25) is 0 Å². The first-order valence-corrected chi connectivity index (χ1v) is 4.63. The summed E-state index contributed by atoms with van der Waals surface area (Å²) >= 11 is 0. The van der Waals surface area contributed by atoms with Crippen LogP contribution in [0.5, 0.6) is 0 Å². The van der Waals surface area contributed by atoms with Crippen molar-refractivity contribution in [3.63, 3.8) is 0 Å². The number of amides is 1. The molecule has 1 rings (SSSR count). The van der Waals surface area contributed by atoms with Gasteiger partial charge >= 0.3 is 0 Å². The van der Waals surface area contributed by atoms with E-state index in [4.69, 9.17) is 0 Å². The molecule has 1 aromatic carbocycles. The molecular weight excluding hydrogens is 174 g/mol. The fraction of sp³-hybridized carbons (Fsp3) is 0.250. The maximum Gasteiger partial charge on any atom is 0.243 e. The summed E-state index contributed by atoms with van der Waals surface area (Å²) in [6, 6.07) is 8.13. The molecule has 2 nitrogen and oxygen atoms in total. The maximum atomic E-state index is 11.0. The van der Waals surface area contributed by atoms with E-state index in [0.29, 0.717) is 0 Å². The van der Waals surface area contributed by atoms with Crippen LogP contribution in [0.15, 0.2) is 36.9 Å². The van der Waals surface area contributed by atoms with Crippen LogP contribution in [0, 0.1) is 6.92 Å². The SMILES string of the molecule is C=CC(=O)N[C@H](C)c1ccc(C)cc1. The van der Waals surface area contributed by atoms with Crippen molar-refractivity contribution in [3.8, 4) is 0 Å². The van der Waals surface area contributed by atoms with Crippen molar-refractivity contribution in [2.24, 2.45) is 0 Å².